The van der Waals surface area contributed by atoms with Gasteiger partial charge in [-0.3, -0.25) is 4.79 Å². The molecule has 0 unspecified atom stereocenters. The van der Waals surface area contributed by atoms with Crippen LogP contribution in [0.2, 0.25) is 0 Å². The van der Waals surface area contributed by atoms with Crippen molar-refractivity contribution in [1.29, 1.82) is 0 Å². The van der Waals surface area contributed by atoms with Crippen molar-refractivity contribution in [3.8, 4) is 5.75 Å². The lowest BCUT2D eigenvalue weighted by Gasteiger charge is -2.32. The van der Waals surface area contributed by atoms with Crippen LogP contribution in [-0.4, -0.2) is 56.0 Å². The van der Waals surface area contributed by atoms with Gasteiger partial charge in [-0.25, -0.2) is 0 Å². The number of amides is 1. The van der Waals surface area contributed by atoms with Crippen LogP contribution in [0.4, 0.5) is 5.69 Å². The van der Waals surface area contributed by atoms with Gasteiger partial charge in [0.1, 0.15) is 10.6 Å². The molecule has 0 atom stereocenters. The summed E-state index contributed by atoms with van der Waals surface area (Å²) in [6, 6.07) is 5.76. The molecule has 1 amide bonds. The van der Waals surface area contributed by atoms with Gasteiger partial charge in [0.05, 0.1) is 18.2 Å². The average molecular weight is 305 g/mol. The fourth-order valence-electron chi connectivity index (χ4n) is 2.62. The number of methoxy groups -OCH3 is 1. The highest BCUT2D eigenvalue weighted by Gasteiger charge is 2.25. The Kier molecular flexibility index (Phi) is 3.73. The molecule has 21 heavy (non-hydrogen) atoms. The zero-order valence-electron chi connectivity index (χ0n) is 12.3. The van der Waals surface area contributed by atoms with Gasteiger partial charge in [-0.1, -0.05) is 6.07 Å². The van der Waals surface area contributed by atoms with E-state index < -0.39 is 0 Å². The molecule has 1 saturated heterocycles. The van der Waals surface area contributed by atoms with Crippen LogP contribution in [-0.2, 0) is 0 Å². The molecule has 5 nitrogen and oxygen atoms in total. The lowest BCUT2D eigenvalue weighted by atomic mass is 10.2. The van der Waals surface area contributed by atoms with E-state index in [0.717, 1.165) is 42.0 Å². The van der Waals surface area contributed by atoms with Crippen LogP contribution in [0, 0.1) is 0 Å². The first-order chi connectivity index (χ1) is 10.1. The normalized spacial score (nSPS) is 16.4. The Morgan fingerprint density at radius 1 is 1.29 bits per heavy atom. The van der Waals surface area contributed by atoms with E-state index >= 15 is 0 Å². The van der Waals surface area contributed by atoms with Crippen molar-refractivity contribution < 1.29 is 9.53 Å². The largest absolute Gasteiger partial charge is 0.496 e. The van der Waals surface area contributed by atoms with Crippen LogP contribution in [0.15, 0.2) is 18.2 Å². The van der Waals surface area contributed by atoms with Crippen LogP contribution in [0.3, 0.4) is 0 Å². The number of anilines is 1. The summed E-state index contributed by atoms with van der Waals surface area (Å²) in [6.45, 7) is 3.31. The quantitative estimate of drug-likeness (QED) is 0.920. The second-order valence-electron chi connectivity index (χ2n) is 5.27. The molecule has 0 radical (unpaired) electrons. The molecule has 3 rings (SSSR count). The predicted molar refractivity (Wildman–Crippen MR) is 86.2 cm³/mol. The van der Waals surface area contributed by atoms with Gasteiger partial charge in [0, 0.05) is 30.9 Å². The molecular weight excluding hydrogens is 286 g/mol. The lowest BCUT2D eigenvalue weighted by molar-refractivity contribution is 0.0670. The maximum Gasteiger partial charge on any atom is 0.266 e. The number of hydrogen-bond donors (Lipinski definition) is 1. The molecule has 1 aliphatic heterocycles. The number of nitrogen functional groups attached to an aromatic ring is 1. The fourth-order valence-corrected chi connectivity index (χ4v) is 3.73. The van der Waals surface area contributed by atoms with Crippen molar-refractivity contribution in [1.82, 2.24) is 9.80 Å². The van der Waals surface area contributed by atoms with Gasteiger partial charge >= 0.3 is 0 Å². The van der Waals surface area contributed by atoms with E-state index in [1.807, 2.05) is 23.1 Å². The number of carbonyl (C=O) groups is 1. The molecule has 1 aromatic carbocycles. The average Bonchev–Trinajstić information content (AvgIpc) is 2.84. The maximum atomic E-state index is 12.7. The Morgan fingerprint density at radius 2 is 2.00 bits per heavy atom. The van der Waals surface area contributed by atoms with Crippen LogP contribution in [0.25, 0.3) is 10.1 Å². The Balaban J connectivity index is 1.97. The first-order valence-corrected chi connectivity index (χ1v) is 7.76. The highest BCUT2D eigenvalue weighted by atomic mass is 32.1. The van der Waals surface area contributed by atoms with Crippen molar-refractivity contribution in [2.45, 2.75) is 0 Å². The molecule has 112 valence electrons. The molecule has 1 aromatic heterocycles. The zero-order chi connectivity index (χ0) is 15.0. The van der Waals surface area contributed by atoms with E-state index in [4.69, 9.17) is 10.5 Å². The van der Waals surface area contributed by atoms with Crippen molar-refractivity contribution in [2.75, 3.05) is 46.1 Å². The van der Waals surface area contributed by atoms with Gasteiger partial charge in [-0.15, -0.1) is 11.3 Å². The molecular formula is C15H19N3O2S. The van der Waals surface area contributed by atoms with E-state index in [0.29, 0.717) is 10.6 Å². The minimum atomic E-state index is 0.0313. The summed E-state index contributed by atoms with van der Waals surface area (Å²) in [6.07, 6.45) is 0. The summed E-state index contributed by atoms with van der Waals surface area (Å²) in [5, 5.41) is 0.850. The number of nitrogens with zero attached hydrogens (tertiary/aromatic N) is 2. The number of fused-ring (bicyclic) bond motifs is 1. The lowest BCUT2D eigenvalue weighted by Crippen LogP contribution is -2.47. The third-order valence-corrected chi connectivity index (χ3v) is 5.08. The van der Waals surface area contributed by atoms with Crippen LogP contribution >= 0.6 is 11.3 Å². The molecule has 1 aliphatic rings. The number of nitrogens with two attached hydrogens (primary N) is 1. The molecule has 0 spiro atoms. The fraction of sp³-hybridized carbons (Fsp3) is 0.400. The minimum Gasteiger partial charge on any atom is -0.496 e. The molecule has 1 fully saturated rings. The topological polar surface area (TPSA) is 58.8 Å². The number of rotatable bonds is 2. The number of thiophene rings is 1. The van der Waals surface area contributed by atoms with E-state index in [2.05, 4.69) is 11.9 Å². The molecule has 0 bridgehead atoms. The third kappa shape index (κ3) is 2.45. The Hall–Kier alpha value is -1.79. The molecule has 2 N–H and O–H groups in total. The molecule has 2 heterocycles. The number of likely N-dealkylation sites (N-methyl/N-ethyl adjacent to an activating group) is 1. The number of benzene rings is 1. The number of hydrogen-bond acceptors (Lipinski definition) is 5. The van der Waals surface area contributed by atoms with E-state index in [-0.39, 0.29) is 5.91 Å². The van der Waals surface area contributed by atoms with Crippen LogP contribution in [0.5, 0.6) is 5.75 Å². The summed E-state index contributed by atoms with van der Waals surface area (Å²) in [7, 11) is 3.69. The summed E-state index contributed by atoms with van der Waals surface area (Å²) < 4.78 is 6.35. The summed E-state index contributed by atoms with van der Waals surface area (Å²) in [5.74, 6) is 0.752. The van der Waals surface area contributed by atoms with Crippen molar-refractivity contribution in [3.05, 3.63) is 23.1 Å². The molecule has 0 saturated carbocycles. The second-order valence-corrected chi connectivity index (χ2v) is 6.33. The summed E-state index contributed by atoms with van der Waals surface area (Å²) >= 11 is 1.45. The second kappa shape index (κ2) is 5.54. The first kappa shape index (κ1) is 14.2. The Bertz CT molecular complexity index is 675. The number of ether oxygens (including phenoxy) is 1. The SMILES string of the molecule is COc1cccc2sc(C(=O)N3CCN(C)CC3)c(N)c12. The molecule has 6 heteroatoms. The minimum absolute atomic E-state index is 0.0313. The Morgan fingerprint density at radius 3 is 2.67 bits per heavy atom. The van der Waals surface area contributed by atoms with Gasteiger partial charge in [0.2, 0.25) is 0 Å². The predicted octanol–water partition coefficient (Wildman–Crippen LogP) is 1.88. The summed E-state index contributed by atoms with van der Waals surface area (Å²) in [4.78, 5) is 17.4. The maximum absolute atomic E-state index is 12.7. The third-order valence-electron chi connectivity index (χ3n) is 3.92. The van der Waals surface area contributed by atoms with Gasteiger partial charge in [-0.2, -0.15) is 0 Å². The molecule has 2 aromatic rings. The monoisotopic (exact) mass is 305 g/mol. The highest BCUT2D eigenvalue weighted by Crippen LogP contribution is 2.39. The standard InChI is InChI=1S/C15H19N3O2S/c1-17-6-8-18(9-7-17)15(19)14-13(16)12-10(20-2)4-3-5-11(12)21-14/h3-5H,6-9,16H2,1-2H3. The number of carbonyl (C=O) groups excluding carboxylic acids is 1. The van der Waals surface area contributed by atoms with Gasteiger partial charge in [0.15, 0.2) is 0 Å². The first-order valence-electron chi connectivity index (χ1n) is 6.94. The smallest absolute Gasteiger partial charge is 0.266 e. The van der Waals surface area contributed by atoms with Crippen LogP contribution in [0.1, 0.15) is 9.67 Å². The van der Waals surface area contributed by atoms with E-state index in [1.165, 1.54) is 11.3 Å². The van der Waals surface area contributed by atoms with Gasteiger partial charge in [-0.05, 0) is 19.2 Å². The summed E-state index contributed by atoms with van der Waals surface area (Å²) in [5.41, 5.74) is 6.76. The highest BCUT2D eigenvalue weighted by molar-refractivity contribution is 7.21. The van der Waals surface area contributed by atoms with Gasteiger partial charge < -0.3 is 20.3 Å². The van der Waals surface area contributed by atoms with Crippen molar-refractivity contribution >= 4 is 33.0 Å². The Labute approximate surface area is 127 Å². The van der Waals surface area contributed by atoms with Crippen LogP contribution < -0.4 is 10.5 Å². The van der Waals surface area contributed by atoms with Crippen molar-refractivity contribution in [2.24, 2.45) is 0 Å². The van der Waals surface area contributed by atoms with E-state index in [9.17, 15) is 4.79 Å². The zero-order valence-corrected chi connectivity index (χ0v) is 13.1. The van der Waals surface area contributed by atoms with Gasteiger partial charge in [0.25, 0.3) is 5.91 Å². The van der Waals surface area contributed by atoms with Crippen molar-refractivity contribution in [3.63, 3.8) is 0 Å². The molecule has 0 aliphatic carbocycles. The van der Waals surface area contributed by atoms with E-state index in [1.54, 1.807) is 7.11 Å². The number of piperazine rings is 1.